The van der Waals surface area contributed by atoms with Gasteiger partial charge in [-0.2, -0.15) is 13.2 Å². The summed E-state index contributed by atoms with van der Waals surface area (Å²) >= 11 is 0. The summed E-state index contributed by atoms with van der Waals surface area (Å²) < 4.78 is 31.2. The number of hydrogen-bond donors (Lipinski definition) is 0. The Morgan fingerprint density at radius 2 is 1.43 bits per heavy atom. The minimum atomic E-state index is -4.64. The predicted octanol–water partition coefficient (Wildman–Crippen LogP) is -0.0771. The average Bonchev–Trinajstić information content (AvgIpc) is 1.35. The molecule has 0 aliphatic rings. The van der Waals surface area contributed by atoms with Gasteiger partial charge < -0.3 is 5.48 Å². The molecular weight excluding hydrogens is 113 g/mol. The SMILES string of the molecule is O.O=CC(F)(F)F. The zero-order valence-corrected chi connectivity index (χ0v) is 3.12. The van der Waals surface area contributed by atoms with Crippen LogP contribution in [0.15, 0.2) is 0 Å². The van der Waals surface area contributed by atoms with E-state index in [2.05, 4.69) is 0 Å². The molecule has 0 aromatic carbocycles. The van der Waals surface area contributed by atoms with Gasteiger partial charge in [0.05, 0.1) is 0 Å². The molecule has 44 valence electrons. The molecule has 5 heteroatoms. The van der Waals surface area contributed by atoms with Crippen molar-refractivity contribution in [2.24, 2.45) is 0 Å². The lowest BCUT2D eigenvalue weighted by molar-refractivity contribution is -0.156. The van der Waals surface area contributed by atoms with E-state index in [9.17, 15) is 13.2 Å². The first-order valence-corrected chi connectivity index (χ1v) is 1.09. The molecular formula is C2H3F3O2. The highest BCUT2D eigenvalue weighted by atomic mass is 19.4. The number of halogens is 3. The van der Waals surface area contributed by atoms with E-state index < -0.39 is 12.5 Å². The quantitative estimate of drug-likeness (QED) is 0.408. The summed E-state index contributed by atoms with van der Waals surface area (Å²) in [6.45, 7) is 0. The third kappa shape index (κ3) is 10.8. The first-order valence-electron chi connectivity index (χ1n) is 1.09. The maximum absolute atomic E-state index is 10.4. The minimum Gasteiger partial charge on any atom is -0.412 e. The molecule has 0 atom stereocenters. The van der Waals surface area contributed by atoms with Gasteiger partial charge in [-0.05, 0) is 0 Å². The van der Waals surface area contributed by atoms with Crippen LogP contribution < -0.4 is 0 Å². The second-order valence-corrected chi connectivity index (χ2v) is 0.659. The predicted molar refractivity (Wildman–Crippen MR) is 15.7 cm³/mol. The van der Waals surface area contributed by atoms with E-state index in [4.69, 9.17) is 4.79 Å². The van der Waals surface area contributed by atoms with Gasteiger partial charge in [0.1, 0.15) is 0 Å². The van der Waals surface area contributed by atoms with Gasteiger partial charge in [-0.15, -0.1) is 0 Å². The highest BCUT2D eigenvalue weighted by molar-refractivity contribution is 5.56. The summed E-state index contributed by atoms with van der Waals surface area (Å²) in [6, 6.07) is 0. The highest BCUT2D eigenvalue weighted by Gasteiger charge is 2.24. The van der Waals surface area contributed by atoms with Crippen LogP contribution in [0.5, 0.6) is 0 Å². The molecule has 0 rings (SSSR count). The van der Waals surface area contributed by atoms with Crippen LogP contribution in [0.3, 0.4) is 0 Å². The summed E-state index contributed by atoms with van der Waals surface area (Å²) in [5, 5.41) is 0. The maximum Gasteiger partial charge on any atom is 0.446 e. The van der Waals surface area contributed by atoms with E-state index in [-0.39, 0.29) is 5.48 Å². The number of rotatable bonds is 0. The second-order valence-electron chi connectivity index (χ2n) is 0.659. The summed E-state index contributed by atoms with van der Waals surface area (Å²) in [7, 11) is 0. The first kappa shape index (κ1) is 9.65. The van der Waals surface area contributed by atoms with Gasteiger partial charge in [0.2, 0.25) is 6.29 Å². The van der Waals surface area contributed by atoms with Gasteiger partial charge in [0.25, 0.3) is 0 Å². The van der Waals surface area contributed by atoms with Crippen molar-refractivity contribution in [3.8, 4) is 0 Å². The van der Waals surface area contributed by atoms with E-state index in [1.54, 1.807) is 0 Å². The lowest BCUT2D eigenvalue weighted by Crippen LogP contribution is -2.07. The van der Waals surface area contributed by atoms with Crippen LogP contribution in [0.2, 0.25) is 0 Å². The van der Waals surface area contributed by atoms with Crippen molar-refractivity contribution in [3.63, 3.8) is 0 Å². The normalized spacial score (nSPS) is 9.57. The lowest BCUT2D eigenvalue weighted by Gasteiger charge is -1.87. The van der Waals surface area contributed by atoms with E-state index in [0.717, 1.165) is 0 Å². The fourth-order valence-electron chi connectivity index (χ4n) is 0. The first-order chi connectivity index (χ1) is 2.56. The van der Waals surface area contributed by atoms with Crippen LogP contribution in [0.4, 0.5) is 13.2 Å². The van der Waals surface area contributed by atoms with Crippen LogP contribution in [0, 0.1) is 0 Å². The fourth-order valence-corrected chi connectivity index (χ4v) is 0. The molecule has 0 aromatic rings. The topological polar surface area (TPSA) is 48.6 Å². The Labute approximate surface area is 37.2 Å². The lowest BCUT2D eigenvalue weighted by atomic mass is 10.8. The van der Waals surface area contributed by atoms with E-state index in [1.807, 2.05) is 0 Å². The largest absolute Gasteiger partial charge is 0.446 e. The number of carbonyl (C=O) groups is 1. The van der Waals surface area contributed by atoms with Crippen LogP contribution in [-0.4, -0.2) is 17.9 Å². The average molecular weight is 116 g/mol. The smallest absolute Gasteiger partial charge is 0.412 e. The van der Waals surface area contributed by atoms with E-state index in [1.165, 1.54) is 0 Å². The molecule has 0 aliphatic carbocycles. The van der Waals surface area contributed by atoms with Crippen LogP contribution >= 0.6 is 0 Å². The molecule has 0 spiro atoms. The Morgan fingerprint density at radius 3 is 1.43 bits per heavy atom. The molecule has 0 unspecified atom stereocenters. The van der Waals surface area contributed by atoms with Gasteiger partial charge in [-0.25, -0.2) is 0 Å². The van der Waals surface area contributed by atoms with Gasteiger partial charge >= 0.3 is 6.18 Å². The summed E-state index contributed by atoms with van der Waals surface area (Å²) in [4.78, 5) is 8.70. The molecule has 0 radical (unpaired) electrons. The zero-order valence-electron chi connectivity index (χ0n) is 3.12. The van der Waals surface area contributed by atoms with Crippen molar-refractivity contribution < 1.29 is 23.4 Å². The van der Waals surface area contributed by atoms with Crippen molar-refractivity contribution in [1.29, 1.82) is 0 Å². The van der Waals surface area contributed by atoms with Crippen LogP contribution in [-0.2, 0) is 4.79 Å². The number of hydrogen-bond acceptors (Lipinski definition) is 1. The van der Waals surface area contributed by atoms with Gasteiger partial charge in [-0.3, -0.25) is 4.79 Å². The maximum atomic E-state index is 10.4. The molecule has 0 bridgehead atoms. The molecule has 7 heavy (non-hydrogen) atoms. The fraction of sp³-hybridized carbons (Fsp3) is 0.500. The molecule has 2 N–H and O–H groups in total. The Hall–Kier alpha value is -0.580. The van der Waals surface area contributed by atoms with Gasteiger partial charge in [0.15, 0.2) is 0 Å². The number of aldehydes is 1. The monoisotopic (exact) mass is 116 g/mol. The van der Waals surface area contributed by atoms with Crippen molar-refractivity contribution in [2.45, 2.75) is 6.18 Å². The summed E-state index contributed by atoms with van der Waals surface area (Å²) in [5.74, 6) is 0. The number of carbonyl (C=O) groups excluding carboxylic acids is 1. The molecule has 0 fully saturated rings. The Kier molecular flexibility index (Phi) is 3.54. The van der Waals surface area contributed by atoms with Gasteiger partial charge in [0, 0.05) is 0 Å². The van der Waals surface area contributed by atoms with E-state index in [0.29, 0.717) is 0 Å². The third-order valence-corrected chi connectivity index (χ3v) is 0.134. The van der Waals surface area contributed by atoms with Crippen molar-refractivity contribution in [3.05, 3.63) is 0 Å². The second kappa shape index (κ2) is 2.57. The standard InChI is InChI=1S/C2HF3O.H2O/c3-2(4,5)1-6;/h1H;1H2. The highest BCUT2D eigenvalue weighted by Crippen LogP contribution is 2.08. The molecule has 2 nitrogen and oxygen atoms in total. The molecule has 0 aliphatic heterocycles. The molecule has 0 saturated heterocycles. The Balaban J connectivity index is 0. The molecule has 0 aromatic heterocycles. The van der Waals surface area contributed by atoms with Crippen molar-refractivity contribution >= 4 is 6.29 Å². The molecule has 0 amide bonds. The summed E-state index contributed by atoms with van der Waals surface area (Å²) in [5.41, 5.74) is 0. The number of alkyl halides is 3. The van der Waals surface area contributed by atoms with Crippen LogP contribution in [0.25, 0.3) is 0 Å². The van der Waals surface area contributed by atoms with Crippen molar-refractivity contribution in [2.75, 3.05) is 0 Å². The van der Waals surface area contributed by atoms with E-state index >= 15 is 0 Å². The third-order valence-electron chi connectivity index (χ3n) is 0.134. The zero-order chi connectivity index (χ0) is 5.21. The molecule has 0 saturated carbocycles. The molecule has 0 heterocycles. The minimum absolute atomic E-state index is 0. The summed E-state index contributed by atoms with van der Waals surface area (Å²) in [6.07, 6.45) is -5.70. The van der Waals surface area contributed by atoms with Crippen molar-refractivity contribution in [1.82, 2.24) is 0 Å². The Bertz CT molecular complexity index is 56.4. The van der Waals surface area contributed by atoms with Crippen LogP contribution in [0.1, 0.15) is 0 Å². The van der Waals surface area contributed by atoms with Gasteiger partial charge in [-0.1, -0.05) is 0 Å². The Morgan fingerprint density at radius 1 is 1.29 bits per heavy atom.